The molecular weight excluding hydrogens is 363 g/mol. The van der Waals surface area contributed by atoms with Crippen molar-refractivity contribution in [1.29, 1.82) is 5.41 Å². The SMILES string of the molecule is Cc1c(Br)cn(C(N)=O)c(=N)c1-c1cccc(C(F)(F)F)c1. The van der Waals surface area contributed by atoms with E-state index in [9.17, 15) is 18.0 Å². The number of primary amides is 1. The lowest BCUT2D eigenvalue weighted by molar-refractivity contribution is -0.137. The second-order valence-corrected chi connectivity index (χ2v) is 5.47. The summed E-state index contributed by atoms with van der Waals surface area (Å²) in [6.07, 6.45) is -3.17. The lowest BCUT2D eigenvalue weighted by Crippen LogP contribution is -2.33. The molecule has 0 saturated carbocycles. The summed E-state index contributed by atoms with van der Waals surface area (Å²) >= 11 is 3.22. The summed E-state index contributed by atoms with van der Waals surface area (Å²) in [5.41, 5.74) is 5.03. The number of nitrogens with one attached hydrogen (secondary N) is 1. The monoisotopic (exact) mass is 373 g/mol. The number of nitrogens with two attached hydrogens (primary N) is 1. The number of aromatic nitrogens is 1. The van der Waals surface area contributed by atoms with Gasteiger partial charge in [0.25, 0.3) is 0 Å². The fourth-order valence-electron chi connectivity index (χ4n) is 2.07. The van der Waals surface area contributed by atoms with Gasteiger partial charge in [-0.25, -0.2) is 4.79 Å². The summed E-state index contributed by atoms with van der Waals surface area (Å²) in [7, 11) is 0. The Morgan fingerprint density at radius 3 is 2.55 bits per heavy atom. The first-order chi connectivity index (χ1) is 10.1. The maximum absolute atomic E-state index is 12.8. The van der Waals surface area contributed by atoms with Crippen LogP contribution in [-0.4, -0.2) is 10.6 Å². The molecule has 2 aromatic rings. The van der Waals surface area contributed by atoms with Crippen LogP contribution in [0.1, 0.15) is 11.1 Å². The van der Waals surface area contributed by atoms with Crippen LogP contribution < -0.4 is 11.2 Å². The van der Waals surface area contributed by atoms with Crippen molar-refractivity contribution >= 4 is 22.0 Å². The zero-order valence-electron chi connectivity index (χ0n) is 11.3. The fourth-order valence-corrected chi connectivity index (χ4v) is 2.47. The van der Waals surface area contributed by atoms with Crippen molar-refractivity contribution in [1.82, 2.24) is 4.57 Å². The van der Waals surface area contributed by atoms with Gasteiger partial charge in [-0.1, -0.05) is 12.1 Å². The average Bonchev–Trinajstić information content (AvgIpc) is 2.42. The highest BCUT2D eigenvalue weighted by molar-refractivity contribution is 9.10. The number of hydrogen-bond donors (Lipinski definition) is 2. The van der Waals surface area contributed by atoms with E-state index >= 15 is 0 Å². The zero-order chi connectivity index (χ0) is 16.7. The lowest BCUT2D eigenvalue weighted by atomic mass is 10.00. The van der Waals surface area contributed by atoms with E-state index < -0.39 is 17.8 Å². The molecular formula is C14H11BrF3N3O. The molecule has 3 N–H and O–H groups in total. The van der Waals surface area contributed by atoms with E-state index in [1.165, 1.54) is 18.3 Å². The van der Waals surface area contributed by atoms with Gasteiger partial charge in [-0.15, -0.1) is 0 Å². The molecule has 0 bridgehead atoms. The topological polar surface area (TPSA) is 71.9 Å². The molecule has 0 spiro atoms. The number of benzene rings is 1. The van der Waals surface area contributed by atoms with Crippen LogP contribution in [0.3, 0.4) is 0 Å². The molecule has 8 heteroatoms. The first kappa shape index (κ1) is 16.3. The van der Waals surface area contributed by atoms with Crippen molar-refractivity contribution in [3.05, 3.63) is 51.5 Å². The van der Waals surface area contributed by atoms with Crippen LogP contribution in [0.4, 0.5) is 18.0 Å². The van der Waals surface area contributed by atoms with Crippen molar-refractivity contribution in [3.63, 3.8) is 0 Å². The van der Waals surface area contributed by atoms with E-state index in [-0.39, 0.29) is 16.6 Å². The Morgan fingerprint density at radius 1 is 1.36 bits per heavy atom. The van der Waals surface area contributed by atoms with Crippen LogP contribution in [-0.2, 0) is 6.18 Å². The number of carbonyl (C=O) groups is 1. The number of carbonyl (C=O) groups excluding carboxylic acids is 1. The predicted molar refractivity (Wildman–Crippen MR) is 78.1 cm³/mol. The highest BCUT2D eigenvalue weighted by atomic mass is 79.9. The van der Waals surface area contributed by atoms with Gasteiger partial charge in [0.1, 0.15) is 5.49 Å². The van der Waals surface area contributed by atoms with Gasteiger partial charge in [0, 0.05) is 16.2 Å². The molecule has 116 valence electrons. The molecule has 1 amide bonds. The number of rotatable bonds is 1. The molecule has 0 aliphatic carbocycles. The van der Waals surface area contributed by atoms with Gasteiger partial charge in [0.2, 0.25) is 0 Å². The predicted octanol–water partition coefficient (Wildman–Crippen LogP) is 3.65. The Labute approximate surface area is 132 Å². The Bertz CT molecular complexity index is 812. The summed E-state index contributed by atoms with van der Waals surface area (Å²) < 4.78 is 39.8. The van der Waals surface area contributed by atoms with E-state index in [4.69, 9.17) is 11.1 Å². The van der Waals surface area contributed by atoms with E-state index in [1.54, 1.807) is 6.92 Å². The quantitative estimate of drug-likeness (QED) is 0.786. The molecule has 2 rings (SSSR count). The Hall–Kier alpha value is -2.09. The van der Waals surface area contributed by atoms with Gasteiger partial charge >= 0.3 is 12.2 Å². The molecule has 4 nitrogen and oxygen atoms in total. The number of halogens is 4. The molecule has 0 radical (unpaired) electrons. The van der Waals surface area contributed by atoms with Crippen LogP contribution >= 0.6 is 15.9 Å². The standard InChI is InChI=1S/C14H11BrF3N3O/c1-7-10(15)6-21(13(20)22)12(19)11(7)8-3-2-4-9(5-8)14(16,17)18/h2-6,19H,1H3,(H2,20,22). The van der Waals surface area contributed by atoms with Crippen LogP contribution in [0.15, 0.2) is 34.9 Å². The van der Waals surface area contributed by atoms with Crippen LogP contribution in [0, 0.1) is 12.3 Å². The van der Waals surface area contributed by atoms with Crippen LogP contribution in [0.25, 0.3) is 11.1 Å². The normalized spacial score (nSPS) is 11.5. The van der Waals surface area contributed by atoms with E-state index in [2.05, 4.69) is 15.9 Å². The Kier molecular flexibility index (Phi) is 4.15. The second-order valence-electron chi connectivity index (χ2n) is 4.61. The third-order valence-corrected chi connectivity index (χ3v) is 3.97. The van der Waals surface area contributed by atoms with Gasteiger partial charge in [-0.05, 0) is 46.1 Å². The number of alkyl halides is 3. The van der Waals surface area contributed by atoms with E-state index in [0.717, 1.165) is 16.7 Å². The second kappa shape index (κ2) is 5.60. The first-order valence-corrected chi connectivity index (χ1v) is 6.86. The summed E-state index contributed by atoms with van der Waals surface area (Å²) in [4.78, 5) is 11.4. The van der Waals surface area contributed by atoms with Gasteiger partial charge in [-0.2, -0.15) is 13.2 Å². The van der Waals surface area contributed by atoms with Crippen molar-refractivity contribution in [3.8, 4) is 11.1 Å². The van der Waals surface area contributed by atoms with Crippen molar-refractivity contribution < 1.29 is 18.0 Å². The molecule has 0 fully saturated rings. The molecule has 1 aromatic carbocycles. The summed E-state index contributed by atoms with van der Waals surface area (Å²) in [5, 5.41) is 8.04. The minimum atomic E-state index is -4.49. The Morgan fingerprint density at radius 2 is 2.00 bits per heavy atom. The first-order valence-electron chi connectivity index (χ1n) is 6.06. The Balaban J connectivity index is 2.78. The van der Waals surface area contributed by atoms with Crippen molar-refractivity contribution in [2.45, 2.75) is 13.1 Å². The van der Waals surface area contributed by atoms with Gasteiger partial charge in [-0.3, -0.25) is 9.98 Å². The number of hydrogen-bond acceptors (Lipinski definition) is 2. The highest BCUT2D eigenvalue weighted by Gasteiger charge is 2.30. The fraction of sp³-hybridized carbons (Fsp3) is 0.143. The number of nitrogens with zero attached hydrogens (tertiary/aromatic N) is 1. The molecule has 0 unspecified atom stereocenters. The molecule has 0 aliphatic heterocycles. The van der Waals surface area contributed by atoms with E-state index in [1.807, 2.05) is 0 Å². The third-order valence-electron chi connectivity index (χ3n) is 3.17. The molecule has 0 saturated heterocycles. The lowest BCUT2D eigenvalue weighted by Gasteiger charge is -2.14. The van der Waals surface area contributed by atoms with Crippen molar-refractivity contribution in [2.75, 3.05) is 0 Å². The largest absolute Gasteiger partial charge is 0.416 e. The molecule has 1 heterocycles. The summed E-state index contributed by atoms with van der Waals surface area (Å²) in [6, 6.07) is 3.71. The summed E-state index contributed by atoms with van der Waals surface area (Å²) in [6.45, 7) is 1.64. The maximum atomic E-state index is 12.8. The molecule has 1 aromatic heterocycles. The molecule has 0 atom stereocenters. The third kappa shape index (κ3) is 2.92. The molecule has 0 aliphatic rings. The van der Waals surface area contributed by atoms with Crippen LogP contribution in [0.2, 0.25) is 0 Å². The number of amides is 1. The van der Waals surface area contributed by atoms with Gasteiger partial charge in [0.15, 0.2) is 0 Å². The average molecular weight is 374 g/mol. The van der Waals surface area contributed by atoms with Gasteiger partial charge in [0.05, 0.1) is 5.56 Å². The summed E-state index contributed by atoms with van der Waals surface area (Å²) in [5.74, 6) is 0. The minimum Gasteiger partial charge on any atom is -0.351 e. The van der Waals surface area contributed by atoms with Gasteiger partial charge < -0.3 is 5.73 Å². The smallest absolute Gasteiger partial charge is 0.351 e. The maximum Gasteiger partial charge on any atom is 0.416 e. The van der Waals surface area contributed by atoms with E-state index in [0.29, 0.717) is 10.0 Å². The zero-order valence-corrected chi connectivity index (χ0v) is 12.9. The highest BCUT2D eigenvalue weighted by Crippen LogP contribution is 2.33. The van der Waals surface area contributed by atoms with Crippen LogP contribution in [0.5, 0.6) is 0 Å². The molecule has 22 heavy (non-hydrogen) atoms. The minimum absolute atomic E-state index is 0.189. The number of pyridine rings is 1. The van der Waals surface area contributed by atoms with Crippen molar-refractivity contribution in [2.24, 2.45) is 5.73 Å².